The van der Waals surface area contributed by atoms with Crippen molar-refractivity contribution in [1.82, 2.24) is 0 Å². The number of rotatable bonds is 0. The van der Waals surface area contributed by atoms with Gasteiger partial charge in [0, 0.05) is 11.5 Å². The van der Waals surface area contributed by atoms with Gasteiger partial charge in [0.25, 0.3) is 0 Å². The van der Waals surface area contributed by atoms with Crippen molar-refractivity contribution in [1.29, 1.82) is 0 Å². The Morgan fingerprint density at radius 2 is 1.93 bits per heavy atom. The summed E-state index contributed by atoms with van der Waals surface area (Å²) >= 11 is 0. The molecule has 2 aliphatic rings. The minimum absolute atomic E-state index is 0.0436. The summed E-state index contributed by atoms with van der Waals surface area (Å²) < 4.78 is 5.97. The van der Waals surface area contributed by atoms with Crippen molar-refractivity contribution >= 4 is 5.78 Å². The van der Waals surface area contributed by atoms with E-state index in [4.69, 9.17) is 4.74 Å². The molecule has 2 rings (SSSR count). The zero-order chi connectivity index (χ0) is 11.1. The Morgan fingerprint density at radius 3 is 2.60 bits per heavy atom. The molecule has 0 N–H and O–H groups in total. The molecule has 1 saturated carbocycles. The zero-order valence-electron chi connectivity index (χ0n) is 9.88. The van der Waals surface area contributed by atoms with Gasteiger partial charge in [-0.3, -0.25) is 4.79 Å². The van der Waals surface area contributed by atoms with Gasteiger partial charge in [-0.05, 0) is 19.3 Å². The molecule has 0 aromatic carbocycles. The van der Waals surface area contributed by atoms with Crippen LogP contribution < -0.4 is 0 Å². The van der Waals surface area contributed by atoms with Crippen molar-refractivity contribution in [2.45, 2.75) is 52.6 Å². The van der Waals surface area contributed by atoms with Crippen LogP contribution in [0, 0.1) is 11.3 Å². The average Bonchev–Trinajstić information content (AvgIpc) is 2.16. The molecule has 2 atom stereocenters. The molecule has 15 heavy (non-hydrogen) atoms. The highest BCUT2D eigenvalue weighted by Gasteiger charge is 2.37. The molecule has 2 heteroatoms. The van der Waals surface area contributed by atoms with Crippen LogP contribution in [-0.4, -0.2) is 11.9 Å². The van der Waals surface area contributed by atoms with Crippen LogP contribution >= 0.6 is 0 Å². The van der Waals surface area contributed by atoms with E-state index in [0.717, 1.165) is 18.6 Å². The predicted molar refractivity (Wildman–Crippen MR) is 59.4 cm³/mol. The second kappa shape index (κ2) is 3.66. The second-order valence-electron chi connectivity index (χ2n) is 5.71. The SMILES string of the molecule is CC(C)(C)C1=CC(=O)[C@H]2CCCC[C@H]2O1. The molecule has 0 radical (unpaired) electrons. The Hall–Kier alpha value is -0.790. The summed E-state index contributed by atoms with van der Waals surface area (Å²) in [4.78, 5) is 11.9. The third kappa shape index (κ3) is 2.09. The Bertz CT molecular complexity index is 296. The Balaban J connectivity index is 2.21. The molecule has 0 aromatic rings. The molecule has 1 fully saturated rings. The van der Waals surface area contributed by atoms with Crippen LogP contribution in [-0.2, 0) is 9.53 Å². The number of carbonyl (C=O) groups is 1. The van der Waals surface area contributed by atoms with Crippen molar-refractivity contribution in [3.63, 3.8) is 0 Å². The van der Waals surface area contributed by atoms with Crippen LogP contribution in [0.15, 0.2) is 11.8 Å². The van der Waals surface area contributed by atoms with Crippen LogP contribution in [0.3, 0.4) is 0 Å². The van der Waals surface area contributed by atoms with E-state index >= 15 is 0 Å². The van der Waals surface area contributed by atoms with Crippen LogP contribution in [0.4, 0.5) is 0 Å². The van der Waals surface area contributed by atoms with Crippen LogP contribution in [0.2, 0.25) is 0 Å². The third-order valence-electron chi connectivity index (χ3n) is 3.36. The van der Waals surface area contributed by atoms with Gasteiger partial charge in [-0.15, -0.1) is 0 Å². The highest BCUT2D eigenvalue weighted by molar-refractivity contribution is 5.93. The lowest BCUT2D eigenvalue weighted by molar-refractivity contribution is -0.128. The maximum atomic E-state index is 11.9. The monoisotopic (exact) mass is 208 g/mol. The first-order valence-corrected chi connectivity index (χ1v) is 5.91. The van der Waals surface area contributed by atoms with E-state index in [1.807, 2.05) is 0 Å². The van der Waals surface area contributed by atoms with E-state index in [2.05, 4.69) is 20.8 Å². The first kappa shape index (κ1) is 10.7. The highest BCUT2D eigenvalue weighted by atomic mass is 16.5. The standard InChI is InChI=1S/C13H20O2/c1-13(2,3)12-8-10(14)9-6-4-5-7-11(9)15-12/h8-9,11H,4-7H2,1-3H3/t9-,11-/m1/s1. The Labute approximate surface area is 91.7 Å². The minimum atomic E-state index is -0.0436. The van der Waals surface area contributed by atoms with Crippen molar-refractivity contribution < 1.29 is 9.53 Å². The second-order valence-corrected chi connectivity index (χ2v) is 5.71. The van der Waals surface area contributed by atoms with Gasteiger partial charge < -0.3 is 4.74 Å². The summed E-state index contributed by atoms with van der Waals surface area (Å²) in [5.41, 5.74) is -0.0436. The van der Waals surface area contributed by atoms with Crippen LogP contribution in [0.25, 0.3) is 0 Å². The van der Waals surface area contributed by atoms with E-state index in [9.17, 15) is 4.79 Å². The van der Waals surface area contributed by atoms with E-state index < -0.39 is 0 Å². The lowest BCUT2D eigenvalue weighted by Crippen LogP contribution is -2.38. The molecule has 2 nitrogen and oxygen atoms in total. The summed E-state index contributed by atoms with van der Waals surface area (Å²) in [5, 5.41) is 0. The molecule has 1 heterocycles. The molecule has 1 aliphatic carbocycles. The normalized spacial score (nSPS) is 31.7. The lowest BCUT2D eigenvalue weighted by atomic mass is 9.80. The molecule has 0 unspecified atom stereocenters. The third-order valence-corrected chi connectivity index (χ3v) is 3.36. The fourth-order valence-corrected chi connectivity index (χ4v) is 2.39. The summed E-state index contributed by atoms with van der Waals surface area (Å²) in [6.45, 7) is 6.28. The summed E-state index contributed by atoms with van der Waals surface area (Å²) in [5.74, 6) is 1.30. The maximum absolute atomic E-state index is 11.9. The van der Waals surface area contributed by atoms with E-state index in [0.29, 0.717) is 0 Å². The van der Waals surface area contributed by atoms with Crippen molar-refractivity contribution in [3.05, 3.63) is 11.8 Å². The minimum Gasteiger partial charge on any atom is -0.493 e. The van der Waals surface area contributed by atoms with Crippen LogP contribution in [0.5, 0.6) is 0 Å². The molecule has 1 aliphatic heterocycles. The largest absolute Gasteiger partial charge is 0.493 e. The van der Waals surface area contributed by atoms with Gasteiger partial charge in [-0.1, -0.05) is 27.2 Å². The number of ketones is 1. The molecule has 0 saturated heterocycles. The number of allylic oxidation sites excluding steroid dienone is 2. The first-order valence-electron chi connectivity index (χ1n) is 5.91. The predicted octanol–water partition coefficient (Wildman–Crippen LogP) is 3.07. The van der Waals surface area contributed by atoms with Gasteiger partial charge in [-0.2, -0.15) is 0 Å². The van der Waals surface area contributed by atoms with Crippen molar-refractivity contribution in [2.24, 2.45) is 11.3 Å². The fraction of sp³-hybridized carbons (Fsp3) is 0.769. The molecule has 0 amide bonds. The van der Waals surface area contributed by atoms with Crippen molar-refractivity contribution in [2.75, 3.05) is 0 Å². The number of carbonyl (C=O) groups excluding carboxylic acids is 1. The fourth-order valence-electron chi connectivity index (χ4n) is 2.39. The number of ether oxygens (including phenoxy) is 1. The van der Waals surface area contributed by atoms with E-state index in [1.165, 1.54) is 12.8 Å². The summed E-state index contributed by atoms with van der Waals surface area (Å²) in [7, 11) is 0. The summed E-state index contributed by atoms with van der Waals surface area (Å²) in [6.07, 6.45) is 6.32. The lowest BCUT2D eigenvalue weighted by Gasteiger charge is -2.38. The zero-order valence-corrected chi connectivity index (χ0v) is 9.88. The molecule has 0 bridgehead atoms. The maximum Gasteiger partial charge on any atom is 0.165 e. The van der Waals surface area contributed by atoms with E-state index in [-0.39, 0.29) is 23.2 Å². The van der Waals surface area contributed by atoms with Gasteiger partial charge in [0.2, 0.25) is 0 Å². The van der Waals surface area contributed by atoms with Gasteiger partial charge in [-0.25, -0.2) is 0 Å². The van der Waals surface area contributed by atoms with Gasteiger partial charge >= 0.3 is 0 Å². The number of hydrogen-bond donors (Lipinski definition) is 0. The quantitative estimate of drug-likeness (QED) is 0.611. The van der Waals surface area contributed by atoms with Crippen LogP contribution in [0.1, 0.15) is 46.5 Å². The first-order chi connectivity index (χ1) is 6.98. The molecule has 84 valence electrons. The highest BCUT2D eigenvalue weighted by Crippen LogP contribution is 2.38. The number of fused-ring (bicyclic) bond motifs is 1. The smallest absolute Gasteiger partial charge is 0.165 e. The Kier molecular flexibility index (Phi) is 2.61. The van der Waals surface area contributed by atoms with Crippen molar-refractivity contribution in [3.8, 4) is 0 Å². The molecule has 0 spiro atoms. The summed E-state index contributed by atoms with van der Waals surface area (Å²) in [6, 6.07) is 0. The van der Waals surface area contributed by atoms with Gasteiger partial charge in [0.1, 0.15) is 11.9 Å². The topological polar surface area (TPSA) is 26.3 Å². The molecule has 0 aromatic heterocycles. The van der Waals surface area contributed by atoms with Gasteiger partial charge in [0.15, 0.2) is 5.78 Å². The molecular formula is C13H20O2. The van der Waals surface area contributed by atoms with Gasteiger partial charge in [0.05, 0.1) is 5.92 Å². The average molecular weight is 208 g/mol. The molecular weight excluding hydrogens is 188 g/mol. The Morgan fingerprint density at radius 1 is 1.27 bits per heavy atom. The van der Waals surface area contributed by atoms with E-state index in [1.54, 1.807) is 6.08 Å². The number of hydrogen-bond acceptors (Lipinski definition) is 2.